The third-order valence-corrected chi connectivity index (χ3v) is 2.70. The number of benzene rings is 1. The van der Waals surface area contributed by atoms with E-state index in [-0.39, 0.29) is 0 Å². The van der Waals surface area contributed by atoms with E-state index in [1.54, 1.807) is 6.92 Å². The maximum absolute atomic E-state index is 5.90. The zero-order chi connectivity index (χ0) is 12.3. The van der Waals surface area contributed by atoms with E-state index in [2.05, 4.69) is 15.5 Å². The van der Waals surface area contributed by atoms with Gasteiger partial charge in [0.15, 0.2) is 5.82 Å². The summed E-state index contributed by atoms with van der Waals surface area (Å²) >= 11 is 5.90. The molecule has 2 aromatic rings. The summed E-state index contributed by atoms with van der Waals surface area (Å²) in [6.07, 6.45) is 0. The largest absolute Gasteiger partial charge is 0.338 e. The first-order valence-electron chi connectivity index (χ1n) is 5.40. The lowest BCUT2D eigenvalue weighted by Crippen LogP contribution is -2.13. The summed E-state index contributed by atoms with van der Waals surface area (Å²) < 4.78 is 5.01. The van der Waals surface area contributed by atoms with Crippen molar-refractivity contribution >= 4 is 11.6 Å². The van der Waals surface area contributed by atoms with Crippen LogP contribution in [0.15, 0.2) is 22.7 Å². The first kappa shape index (κ1) is 12.1. The predicted octanol–water partition coefficient (Wildman–Crippen LogP) is 2.63. The predicted molar refractivity (Wildman–Crippen MR) is 65.8 cm³/mol. The van der Waals surface area contributed by atoms with E-state index in [0.717, 1.165) is 11.6 Å². The molecule has 0 amide bonds. The van der Waals surface area contributed by atoms with Gasteiger partial charge in [-0.25, -0.2) is 0 Å². The Labute approximate surface area is 105 Å². The fourth-order valence-electron chi connectivity index (χ4n) is 1.57. The molecule has 0 saturated carbocycles. The molecule has 0 fully saturated rings. The average Bonchev–Trinajstić information content (AvgIpc) is 2.68. The zero-order valence-corrected chi connectivity index (χ0v) is 10.6. The second-order valence-corrected chi connectivity index (χ2v) is 4.35. The molecule has 4 nitrogen and oxygen atoms in total. The van der Waals surface area contributed by atoms with Gasteiger partial charge >= 0.3 is 0 Å². The molecule has 0 aliphatic rings. The first-order valence-corrected chi connectivity index (χ1v) is 5.78. The summed E-state index contributed by atoms with van der Waals surface area (Å²) in [4.78, 5) is 4.12. The van der Waals surface area contributed by atoms with Crippen LogP contribution in [0, 0.1) is 13.8 Å². The maximum atomic E-state index is 5.90. The van der Waals surface area contributed by atoms with Gasteiger partial charge in [0.1, 0.15) is 0 Å². The van der Waals surface area contributed by atoms with Crippen LogP contribution >= 0.6 is 11.6 Å². The SMILES string of the molecule is Cc1noc(CNCc2ccc(Cl)cc2C)n1. The quantitative estimate of drug-likeness (QED) is 0.908. The van der Waals surface area contributed by atoms with Crippen molar-refractivity contribution in [3.63, 3.8) is 0 Å². The molecule has 2 rings (SSSR count). The lowest BCUT2D eigenvalue weighted by Gasteiger charge is -2.06. The van der Waals surface area contributed by atoms with Gasteiger partial charge < -0.3 is 9.84 Å². The average molecular weight is 252 g/mol. The molecular weight excluding hydrogens is 238 g/mol. The van der Waals surface area contributed by atoms with Gasteiger partial charge in [-0.15, -0.1) is 0 Å². The second-order valence-electron chi connectivity index (χ2n) is 3.91. The Bertz CT molecular complexity index is 510. The number of aryl methyl sites for hydroxylation is 2. The van der Waals surface area contributed by atoms with Crippen molar-refractivity contribution < 1.29 is 4.52 Å². The molecule has 0 atom stereocenters. The van der Waals surface area contributed by atoms with Crippen molar-refractivity contribution in [1.82, 2.24) is 15.5 Å². The molecule has 1 aromatic carbocycles. The van der Waals surface area contributed by atoms with Gasteiger partial charge in [-0.2, -0.15) is 4.98 Å². The summed E-state index contributed by atoms with van der Waals surface area (Å²) in [5.41, 5.74) is 2.39. The van der Waals surface area contributed by atoms with Gasteiger partial charge in [0.2, 0.25) is 5.89 Å². The van der Waals surface area contributed by atoms with Gasteiger partial charge in [-0.3, -0.25) is 0 Å². The molecule has 0 unspecified atom stereocenters. The number of hydrogen-bond donors (Lipinski definition) is 1. The summed E-state index contributed by atoms with van der Waals surface area (Å²) in [7, 11) is 0. The lowest BCUT2D eigenvalue weighted by atomic mass is 10.1. The molecule has 0 saturated heterocycles. The topological polar surface area (TPSA) is 51.0 Å². The highest BCUT2D eigenvalue weighted by Crippen LogP contribution is 2.14. The molecule has 0 aliphatic carbocycles. The number of halogens is 1. The fraction of sp³-hybridized carbons (Fsp3) is 0.333. The van der Waals surface area contributed by atoms with E-state index in [9.17, 15) is 0 Å². The molecule has 0 bridgehead atoms. The number of hydrogen-bond acceptors (Lipinski definition) is 4. The molecule has 1 aromatic heterocycles. The smallest absolute Gasteiger partial charge is 0.240 e. The summed E-state index contributed by atoms with van der Waals surface area (Å²) in [6.45, 7) is 5.17. The third-order valence-electron chi connectivity index (χ3n) is 2.47. The van der Waals surface area contributed by atoms with Crippen LogP contribution in [0.25, 0.3) is 0 Å². The van der Waals surface area contributed by atoms with Crippen LogP contribution in [0.1, 0.15) is 22.8 Å². The van der Waals surface area contributed by atoms with E-state index in [1.807, 2.05) is 25.1 Å². The molecule has 90 valence electrons. The van der Waals surface area contributed by atoms with Crippen molar-refractivity contribution in [2.75, 3.05) is 0 Å². The molecular formula is C12H14ClN3O. The molecule has 0 aliphatic heterocycles. The summed E-state index contributed by atoms with van der Waals surface area (Å²) in [6, 6.07) is 5.86. The minimum atomic E-state index is 0.572. The summed E-state index contributed by atoms with van der Waals surface area (Å²) in [5, 5.41) is 7.74. The number of nitrogens with zero attached hydrogens (tertiary/aromatic N) is 2. The van der Waals surface area contributed by atoms with E-state index in [1.165, 1.54) is 11.1 Å². The van der Waals surface area contributed by atoms with Gasteiger partial charge in [0.25, 0.3) is 0 Å². The Morgan fingerprint density at radius 1 is 1.29 bits per heavy atom. The monoisotopic (exact) mass is 251 g/mol. The highest BCUT2D eigenvalue weighted by molar-refractivity contribution is 6.30. The van der Waals surface area contributed by atoms with E-state index in [4.69, 9.17) is 16.1 Å². The standard InChI is InChI=1S/C12H14ClN3O/c1-8-5-11(13)4-3-10(8)6-14-7-12-15-9(2)16-17-12/h3-5,14H,6-7H2,1-2H3. The first-order chi connectivity index (χ1) is 8.15. The zero-order valence-electron chi connectivity index (χ0n) is 9.83. The van der Waals surface area contributed by atoms with E-state index < -0.39 is 0 Å². The van der Waals surface area contributed by atoms with Crippen LogP contribution < -0.4 is 5.32 Å². The Morgan fingerprint density at radius 3 is 2.76 bits per heavy atom. The normalized spacial score (nSPS) is 10.8. The van der Waals surface area contributed by atoms with Crippen LogP contribution in [-0.4, -0.2) is 10.1 Å². The van der Waals surface area contributed by atoms with Crippen molar-refractivity contribution in [3.8, 4) is 0 Å². The minimum absolute atomic E-state index is 0.572. The minimum Gasteiger partial charge on any atom is -0.338 e. The van der Waals surface area contributed by atoms with Gasteiger partial charge in [0, 0.05) is 11.6 Å². The summed E-state index contributed by atoms with van der Waals surface area (Å²) in [5.74, 6) is 1.26. The van der Waals surface area contributed by atoms with Crippen molar-refractivity contribution in [2.45, 2.75) is 26.9 Å². The Morgan fingerprint density at radius 2 is 2.12 bits per heavy atom. The van der Waals surface area contributed by atoms with Crippen LogP contribution in [0.5, 0.6) is 0 Å². The lowest BCUT2D eigenvalue weighted by molar-refractivity contribution is 0.364. The maximum Gasteiger partial charge on any atom is 0.240 e. The number of aromatic nitrogens is 2. The van der Waals surface area contributed by atoms with Gasteiger partial charge in [0.05, 0.1) is 6.54 Å². The van der Waals surface area contributed by atoms with Crippen LogP contribution in [0.4, 0.5) is 0 Å². The number of nitrogens with one attached hydrogen (secondary N) is 1. The van der Waals surface area contributed by atoms with Crippen molar-refractivity contribution in [1.29, 1.82) is 0 Å². The molecule has 0 radical (unpaired) electrons. The third kappa shape index (κ3) is 3.28. The second kappa shape index (κ2) is 5.29. The van der Waals surface area contributed by atoms with Crippen LogP contribution in [0.2, 0.25) is 5.02 Å². The highest BCUT2D eigenvalue weighted by atomic mass is 35.5. The van der Waals surface area contributed by atoms with Gasteiger partial charge in [-0.05, 0) is 37.1 Å². The van der Waals surface area contributed by atoms with Crippen LogP contribution in [0.3, 0.4) is 0 Å². The Kier molecular flexibility index (Phi) is 3.76. The van der Waals surface area contributed by atoms with Crippen LogP contribution in [-0.2, 0) is 13.1 Å². The van der Waals surface area contributed by atoms with Crippen molar-refractivity contribution in [2.24, 2.45) is 0 Å². The number of rotatable bonds is 4. The Balaban J connectivity index is 1.90. The van der Waals surface area contributed by atoms with E-state index in [0.29, 0.717) is 18.3 Å². The molecule has 1 N–H and O–H groups in total. The molecule has 1 heterocycles. The fourth-order valence-corrected chi connectivity index (χ4v) is 1.80. The van der Waals surface area contributed by atoms with Gasteiger partial charge in [-0.1, -0.05) is 22.8 Å². The Hall–Kier alpha value is -1.39. The molecule has 17 heavy (non-hydrogen) atoms. The molecule has 5 heteroatoms. The molecule has 0 spiro atoms. The van der Waals surface area contributed by atoms with E-state index >= 15 is 0 Å². The van der Waals surface area contributed by atoms with Crippen molar-refractivity contribution in [3.05, 3.63) is 46.1 Å². The highest BCUT2D eigenvalue weighted by Gasteiger charge is 2.03.